The molecule has 1 saturated heterocycles. The van der Waals surface area contributed by atoms with Gasteiger partial charge in [-0.05, 0) is 30.5 Å². The maximum Gasteiger partial charge on any atom is 0.219 e. The summed E-state index contributed by atoms with van der Waals surface area (Å²) < 4.78 is 0. The second kappa shape index (κ2) is 6.24. The highest BCUT2D eigenvalue weighted by Crippen LogP contribution is 2.26. The van der Waals surface area contributed by atoms with Crippen molar-refractivity contribution in [3.05, 3.63) is 28.8 Å². The van der Waals surface area contributed by atoms with Crippen LogP contribution in [0.3, 0.4) is 0 Å². The summed E-state index contributed by atoms with van der Waals surface area (Å²) in [5.41, 5.74) is 2.31. The number of piperazine rings is 1. The summed E-state index contributed by atoms with van der Waals surface area (Å²) in [6.45, 7) is 5.80. The number of benzene rings is 1. The average Bonchev–Trinajstić information content (AvgIpc) is 3.30. The largest absolute Gasteiger partial charge is 0.368 e. The SMILES string of the molecule is CC(=O)N1CCN(c2ccc(CNC3CC3)c(Cl)c2)CC1. The van der Waals surface area contributed by atoms with E-state index in [-0.39, 0.29) is 5.91 Å². The Morgan fingerprint density at radius 2 is 2.00 bits per heavy atom. The lowest BCUT2D eigenvalue weighted by Crippen LogP contribution is -2.48. The van der Waals surface area contributed by atoms with Crippen molar-refractivity contribution in [2.24, 2.45) is 0 Å². The predicted octanol–water partition coefficient (Wildman–Crippen LogP) is 2.26. The first kappa shape index (κ1) is 14.7. The fourth-order valence-electron chi connectivity index (χ4n) is 2.70. The Morgan fingerprint density at radius 1 is 1.29 bits per heavy atom. The van der Waals surface area contributed by atoms with Gasteiger partial charge in [0.25, 0.3) is 0 Å². The fourth-order valence-corrected chi connectivity index (χ4v) is 2.94. The first-order valence-electron chi connectivity index (χ1n) is 7.66. The van der Waals surface area contributed by atoms with E-state index in [0.717, 1.165) is 49.0 Å². The summed E-state index contributed by atoms with van der Waals surface area (Å²) in [5.74, 6) is 0.161. The standard InChI is InChI=1S/C16H22ClN3O/c1-12(21)19-6-8-20(9-7-19)15-5-2-13(16(17)10-15)11-18-14-3-4-14/h2,5,10,14,18H,3-4,6-9,11H2,1H3. The highest BCUT2D eigenvalue weighted by Gasteiger charge is 2.21. The average molecular weight is 308 g/mol. The van der Waals surface area contributed by atoms with Gasteiger partial charge in [0.1, 0.15) is 0 Å². The van der Waals surface area contributed by atoms with Gasteiger partial charge in [0.05, 0.1) is 0 Å². The van der Waals surface area contributed by atoms with Crippen LogP contribution in [0, 0.1) is 0 Å². The molecule has 1 heterocycles. The number of hydrogen-bond acceptors (Lipinski definition) is 3. The van der Waals surface area contributed by atoms with Crippen molar-refractivity contribution in [1.29, 1.82) is 0 Å². The minimum Gasteiger partial charge on any atom is -0.368 e. The summed E-state index contributed by atoms with van der Waals surface area (Å²) in [7, 11) is 0. The molecule has 0 radical (unpaired) electrons. The summed E-state index contributed by atoms with van der Waals surface area (Å²) in [6, 6.07) is 7.00. The summed E-state index contributed by atoms with van der Waals surface area (Å²) in [6.07, 6.45) is 2.58. The van der Waals surface area contributed by atoms with Crippen LogP contribution in [0.1, 0.15) is 25.3 Å². The molecule has 2 aliphatic rings. The first-order chi connectivity index (χ1) is 10.1. The maximum atomic E-state index is 11.4. The van der Waals surface area contributed by atoms with Gasteiger partial charge in [0.15, 0.2) is 0 Å². The molecule has 1 aliphatic heterocycles. The molecule has 0 bridgehead atoms. The lowest BCUT2D eigenvalue weighted by Gasteiger charge is -2.35. The van der Waals surface area contributed by atoms with Crippen molar-refractivity contribution in [3.8, 4) is 0 Å². The number of hydrogen-bond donors (Lipinski definition) is 1. The van der Waals surface area contributed by atoms with Crippen LogP contribution in [0.25, 0.3) is 0 Å². The number of halogens is 1. The lowest BCUT2D eigenvalue weighted by molar-refractivity contribution is -0.129. The Morgan fingerprint density at radius 3 is 2.57 bits per heavy atom. The van der Waals surface area contributed by atoms with E-state index in [9.17, 15) is 4.79 Å². The van der Waals surface area contributed by atoms with Gasteiger partial charge in [-0.25, -0.2) is 0 Å². The van der Waals surface area contributed by atoms with Crippen molar-refractivity contribution in [2.75, 3.05) is 31.1 Å². The predicted molar refractivity (Wildman–Crippen MR) is 85.8 cm³/mol. The van der Waals surface area contributed by atoms with Gasteiger partial charge >= 0.3 is 0 Å². The molecule has 114 valence electrons. The smallest absolute Gasteiger partial charge is 0.219 e. The van der Waals surface area contributed by atoms with Crippen LogP contribution in [0.15, 0.2) is 18.2 Å². The molecular weight excluding hydrogens is 286 g/mol. The highest BCUT2D eigenvalue weighted by molar-refractivity contribution is 6.31. The molecule has 0 aromatic heterocycles. The summed E-state index contributed by atoms with van der Waals surface area (Å²) >= 11 is 6.40. The molecule has 1 aromatic carbocycles. The maximum absolute atomic E-state index is 11.4. The Bertz CT molecular complexity index is 522. The zero-order chi connectivity index (χ0) is 14.8. The molecule has 1 saturated carbocycles. The van der Waals surface area contributed by atoms with Gasteiger partial charge in [-0.15, -0.1) is 0 Å². The number of anilines is 1. The third-order valence-corrected chi connectivity index (χ3v) is 4.64. The molecule has 4 nitrogen and oxygen atoms in total. The van der Waals surface area contributed by atoms with Gasteiger partial charge < -0.3 is 15.1 Å². The summed E-state index contributed by atoms with van der Waals surface area (Å²) in [5, 5.41) is 4.32. The number of nitrogens with zero attached hydrogens (tertiary/aromatic N) is 2. The second-order valence-electron chi connectivity index (χ2n) is 5.92. The molecule has 1 amide bonds. The molecule has 5 heteroatoms. The number of carbonyl (C=O) groups excluding carboxylic acids is 1. The van der Waals surface area contributed by atoms with E-state index in [1.807, 2.05) is 4.90 Å². The van der Waals surface area contributed by atoms with E-state index in [2.05, 4.69) is 28.4 Å². The van der Waals surface area contributed by atoms with Crippen molar-refractivity contribution >= 4 is 23.2 Å². The van der Waals surface area contributed by atoms with Crippen LogP contribution in [0.4, 0.5) is 5.69 Å². The molecule has 1 aromatic rings. The zero-order valence-corrected chi connectivity index (χ0v) is 13.2. The van der Waals surface area contributed by atoms with Crippen LogP contribution in [-0.4, -0.2) is 43.0 Å². The van der Waals surface area contributed by atoms with Crippen LogP contribution < -0.4 is 10.2 Å². The van der Waals surface area contributed by atoms with Gasteiger partial charge in [-0.3, -0.25) is 4.79 Å². The van der Waals surface area contributed by atoms with E-state index in [4.69, 9.17) is 11.6 Å². The molecule has 0 atom stereocenters. The monoisotopic (exact) mass is 307 g/mol. The van der Waals surface area contributed by atoms with E-state index in [0.29, 0.717) is 6.04 Å². The molecular formula is C16H22ClN3O. The number of carbonyl (C=O) groups is 1. The Labute approximate surface area is 131 Å². The number of rotatable bonds is 4. The highest BCUT2D eigenvalue weighted by atomic mass is 35.5. The van der Waals surface area contributed by atoms with E-state index < -0.39 is 0 Å². The molecule has 3 rings (SSSR count). The van der Waals surface area contributed by atoms with E-state index in [1.165, 1.54) is 12.8 Å². The van der Waals surface area contributed by atoms with E-state index >= 15 is 0 Å². The van der Waals surface area contributed by atoms with Crippen molar-refractivity contribution in [3.63, 3.8) is 0 Å². The van der Waals surface area contributed by atoms with Crippen molar-refractivity contribution < 1.29 is 4.79 Å². The minimum atomic E-state index is 0.161. The molecule has 21 heavy (non-hydrogen) atoms. The number of nitrogens with one attached hydrogen (secondary N) is 1. The third-order valence-electron chi connectivity index (χ3n) is 4.29. The van der Waals surface area contributed by atoms with Gasteiger partial charge in [-0.2, -0.15) is 0 Å². The molecule has 0 unspecified atom stereocenters. The van der Waals surface area contributed by atoms with Crippen LogP contribution in [0.2, 0.25) is 5.02 Å². The first-order valence-corrected chi connectivity index (χ1v) is 8.03. The fraction of sp³-hybridized carbons (Fsp3) is 0.562. The molecule has 1 aliphatic carbocycles. The zero-order valence-electron chi connectivity index (χ0n) is 12.4. The molecule has 0 spiro atoms. The minimum absolute atomic E-state index is 0.161. The second-order valence-corrected chi connectivity index (χ2v) is 6.33. The van der Waals surface area contributed by atoms with Gasteiger partial charge in [0, 0.05) is 56.4 Å². The Hall–Kier alpha value is -1.26. The van der Waals surface area contributed by atoms with Gasteiger partial charge in [0.2, 0.25) is 5.91 Å². The van der Waals surface area contributed by atoms with E-state index in [1.54, 1.807) is 6.92 Å². The number of amides is 1. The van der Waals surface area contributed by atoms with Crippen LogP contribution >= 0.6 is 11.6 Å². The topological polar surface area (TPSA) is 35.6 Å². The molecule has 2 fully saturated rings. The third kappa shape index (κ3) is 3.69. The molecule has 1 N–H and O–H groups in total. The quantitative estimate of drug-likeness (QED) is 0.927. The van der Waals surface area contributed by atoms with Crippen LogP contribution in [-0.2, 0) is 11.3 Å². The Kier molecular flexibility index (Phi) is 4.36. The van der Waals surface area contributed by atoms with Gasteiger partial charge in [-0.1, -0.05) is 17.7 Å². The van der Waals surface area contributed by atoms with Crippen molar-refractivity contribution in [1.82, 2.24) is 10.2 Å². The van der Waals surface area contributed by atoms with Crippen LogP contribution in [0.5, 0.6) is 0 Å². The normalized spacial score (nSPS) is 19.0. The lowest BCUT2D eigenvalue weighted by atomic mass is 10.1. The Balaban J connectivity index is 1.60. The summed E-state index contributed by atoms with van der Waals surface area (Å²) in [4.78, 5) is 15.5. The van der Waals surface area contributed by atoms with Crippen molar-refractivity contribution in [2.45, 2.75) is 32.4 Å².